The van der Waals surface area contributed by atoms with Gasteiger partial charge < -0.3 is 10.1 Å². The van der Waals surface area contributed by atoms with Crippen LogP contribution in [0.25, 0.3) is 0 Å². The Balaban J connectivity index is 1.48. The van der Waals surface area contributed by atoms with E-state index in [1.807, 2.05) is 12.1 Å². The summed E-state index contributed by atoms with van der Waals surface area (Å²) in [5.74, 6) is 1.59. The van der Waals surface area contributed by atoms with Crippen molar-refractivity contribution in [2.45, 2.75) is 37.4 Å². The number of fused-ring (bicyclic) bond motifs is 2. The van der Waals surface area contributed by atoms with Gasteiger partial charge in [0.05, 0.1) is 19.1 Å². The van der Waals surface area contributed by atoms with E-state index in [0.717, 1.165) is 24.4 Å². The highest BCUT2D eigenvalue weighted by atomic mass is 32.2. The van der Waals surface area contributed by atoms with Crippen LogP contribution in [0.1, 0.15) is 35.4 Å². The van der Waals surface area contributed by atoms with Gasteiger partial charge in [0.25, 0.3) is 0 Å². The van der Waals surface area contributed by atoms with E-state index in [9.17, 15) is 8.42 Å². The molecule has 2 aliphatic heterocycles. The van der Waals surface area contributed by atoms with E-state index in [2.05, 4.69) is 70.9 Å². The summed E-state index contributed by atoms with van der Waals surface area (Å²) in [5.41, 5.74) is 4.28. The van der Waals surface area contributed by atoms with E-state index >= 15 is 0 Å². The van der Waals surface area contributed by atoms with Gasteiger partial charge in [-0.25, -0.2) is 8.42 Å². The Morgan fingerprint density at radius 3 is 2.27 bits per heavy atom. The Hall–Kier alpha value is -2.87. The van der Waals surface area contributed by atoms with Gasteiger partial charge in [0.15, 0.2) is 0 Å². The third-order valence-corrected chi connectivity index (χ3v) is 9.30. The SMILES string of the molecule is COc1ccc(N(C)S(C)(=O)=O)cc1CNC1C2CCCN(C2)C1C(c1ccccc1)c1ccccc1. The molecule has 2 heterocycles. The van der Waals surface area contributed by atoms with Crippen molar-refractivity contribution in [3.05, 3.63) is 95.6 Å². The predicted molar refractivity (Wildman–Crippen MR) is 150 cm³/mol. The second-order valence-electron chi connectivity index (χ2n) is 10.3. The normalized spacial score (nSPS) is 23.2. The molecule has 196 valence electrons. The molecule has 2 fully saturated rings. The minimum Gasteiger partial charge on any atom is -0.496 e. The highest BCUT2D eigenvalue weighted by Crippen LogP contribution is 2.42. The van der Waals surface area contributed by atoms with Crippen molar-refractivity contribution in [2.75, 3.05) is 37.8 Å². The van der Waals surface area contributed by atoms with Crippen molar-refractivity contribution in [1.82, 2.24) is 10.2 Å². The maximum absolute atomic E-state index is 12.2. The van der Waals surface area contributed by atoms with Gasteiger partial charge in [-0.05, 0) is 54.6 Å². The summed E-state index contributed by atoms with van der Waals surface area (Å²) in [5, 5.41) is 3.93. The van der Waals surface area contributed by atoms with Gasteiger partial charge in [-0.2, -0.15) is 0 Å². The van der Waals surface area contributed by atoms with E-state index < -0.39 is 10.0 Å². The highest BCUT2D eigenvalue weighted by molar-refractivity contribution is 7.92. The molecule has 0 amide bonds. The van der Waals surface area contributed by atoms with Crippen molar-refractivity contribution in [2.24, 2.45) is 5.92 Å². The molecule has 5 rings (SSSR count). The first-order chi connectivity index (χ1) is 17.9. The zero-order chi connectivity index (χ0) is 26.0. The second kappa shape index (κ2) is 10.9. The fourth-order valence-electron chi connectivity index (χ4n) is 6.24. The molecule has 0 saturated carbocycles. The Bertz CT molecular complexity index is 1260. The summed E-state index contributed by atoms with van der Waals surface area (Å²) in [6.45, 7) is 2.83. The molecule has 1 N–H and O–H groups in total. The van der Waals surface area contributed by atoms with E-state index in [4.69, 9.17) is 4.74 Å². The molecule has 2 saturated heterocycles. The first-order valence-electron chi connectivity index (χ1n) is 13.0. The molecule has 0 aliphatic carbocycles. The quantitative estimate of drug-likeness (QED) is 0.452. The van der Waals surface area contributed by atoms with Gasteiger partial charge in [0.1, 0.15) is 5.75 Å². The Morgan fingerprint density at radius 1 is 1.03 bits per heavy atom. The third-order valence-electron chi connectivity index (χ3n) is 8.10. The number of hydrogen-bond acceptors (Lipinski definition) is 5. The van der Waals surface area contributed by atoms with Crippen LogP contribution in [0.15, 0.2) is 78.9 Å². The molecule has 7 heteroatoms. The summed E-state index contributed by atoms with van der Waals surface area (Å²) in [4.78, 5) is 2.68. The predicted octanol–water partition coefficient (Wildman–Crippen LogP) is 4.48. The maximum Gasteiger partial charge on any atom is 0.231 e. The van der Waals surface area contributed by atoms with Gasteiger partial charge in [-0.3, -0.25) is 9.21 Å². The lowest BCUT2D eigenvalue weighted by atomic mass is 9.80. The Labute approximate surface area is 221 Å². The van der Waals surface area contributed by atoms with E-state index in [1.54, 1.807) is 20.2 Å². The standard InChI is InChI=1S/C30H37N3O3S/c1-32(37(3,34)35)26-16-17-27(36-2)25(19-26)20-31-29-24-15-10-18-33(21-24)30(29)28(22-11-6-4-7-12-22)23-13-8-5-9-14-23/h4-9,11-14,16-17,19,24,28-31H,10,15,18,20-21H2,1-3H3. The molecule has 37 heavy (non-hydrogen) atoms. The fourth-order valence-corrected chi connectivity index (χ4v) is 6.74. The summed E-state index contributed by atoms with van der Waals surface area (Å²) in [6, 6.07) is 27.9. The number of methoxy groups -OCH3 is 1. The number of sulfonamides is 1. The molecule has 0 spiro atoms. The summed E-state index contributed by atoms with van der Waals surface area (Å²) >= 11 is 0. The first-order valence-corrected chi connectivity index (χ1v) is 14.9. The number of benzene rings is 3. The molecular formula is C30H37N3O3S. The Morgan fingerprint density at radius 2 is 1.68 bits per heavy atom. The van der Waals surface area contributed by atoms with Crippen LogP contribution >= 0.6 is 0 Å². The molecule has 4 unspecified atom stereocenters. The Kier molecular flexibility index (Phi) is 7.56. The van der Waals surface area contributed by atoms with Crippen LogP contribution in [-0.4, -0.2) is 58.9 Å². The number of rotatable bonds is 9. The number of ether oxygens (including phenoxy) is 1. The van der Waals surface area contributed by atoms with Crippen LogP contribution in [0.3, 0.4) is 0 Å². The van der Waals surface area contributed by atoms with Crippen LogP contribution in [0.4, 0.5) is 5.69 Å². The number of anilines is 1. The van der Waals surface area contributed by atoms with Gasteiger partial charge in [-0.1, -0.05) is 60.7 Å². The summed E-state index contributed by atoms with van der Waals surface area (Å²) < 4.78 is 31.3. The molecule has 0 aromatic heterocycles. The van der Waals surface area contributed by atoms with Gasteiger partial charge >= 0.3 is 0 Å². The van der Waals surface area contributed by atoms with E-state index in [-0.39, 0.29) is 5.92 Å². The van der Waals surface area contributed by atoms with Crippen LogP contribution < -0.4 is 14.4 Å². The molecule has 6 nitrogen and oxygen atoms in total. The number of nitrogens with zero attached hydrogens (tertiary/aromatic N) is 2. The fraction of sp³-hybridized carbons (Fsp3) is 0.400. The lowest BCUT2D eigenvalue weighted by molar-refractivity contribution is 0.204. The molecule has 0 radical (unpaired) electrons. The zero-order valence-corrected chi connectivity index (χ0v) is 22.7. The average molecular weight is 520 g/mol. The zero-order valence-electron chi connectivity index (χ0n) is 21.9. The molecule has 2 aliphatic rings. The van der Waals surface area contributed by atoms with Crippen LogP contribution in [0, 0.1) is 5.92 Å². The maximum atomic E-state index is 12.2. The molecule has 3 aromatic rings. The smallest absolute Gasteiger partial charge is 0.231 e. The largest absolute Gasteiger partial charge is 0.496 e. The molecule has 4 atom stereocenters. The number of piperidine rings is 1. The van der Waals surface area contributed by atoms with Crippen molar-refractivity contribution >= 4 is 15.7 Å². The highest BCUT2D eigenvalue weighted by Gasteiger charge is 2.47. The monoisotopic (exact) mass is 519 g/mol. The minimum absolute atomic E-state index is 0.257. The molecular weight excluding hydrogens is 482 g/mol. The van der Waals surface area contributed by atoms with Crippen molar-refractivity contribution < 1.29 is 13.2 Å². The van der Waals surface area contributed by atoms with Crippen LogP contribution in [0.5, 0.6) is 5.75 Å². The second-order valence-corrected chi connectivity index (χ2v) is 12.3. The van der Waals surface area contributed by atoms with E-state index in [1.165, 1.54) is 34.5 Å². The summed E-state index contributed by atoms with van der Waals surface area (Å²) in [7, 11) is -0.102. The van der Waals surface area contributed by atoms with Crippen molar-refractivity contribution in [3.8, 4) is 5.75 Å². The van der Waals surface area contributed by atoms with Gasteiger partial charge in [0, 0.05) is 43.7 Å². The summed E-state index contributed by atoms with van der Waals surface area (Å²) in [6.07, 6.45) is 3.66. The topological polar surface area (TPSA) is 61.9 Å². The molecule has 3 aromatic carbocycles. The van der Waals surface area contributed by atoms with Crippen LogP contribution in [0.2, 0.25) is 0 Å². The lowest BCUT2D eigenvalue weighted by Crippen LogP contribution is -2.47. The number of nitrogens with one attached hydrogen (secondary N) is 1. The average Bonchev–Trinajstić information content (AvgIpc) is 3.15. The van der Waals surface area contributed by atoms with Gasteiger partial charge in [0.2, 0.25) is 10.0 Å². The van der Waals surface area contributed by atoms with Crippen LogP contribution in [-0.2, 0) is 16.6 Å². The lowest BCUT2D eigenvalue weighted by Gasteiger charge is -2.36. The van der Waals surface area contributed by atoms with Crippen molar-refractivity contribution in [3.63, 3.8) is 0 Å². The van der Waals surface area contributed by atoms with Crippen molar-refractivity contribution in [1.29, 1.82) is 0 Å². The first kappa shape index (κ1) is 25.8. The minimum atomic E-state index is -3.35. The van der Waals surface area contributed by atoms with Gasteiger partial charge in [-0.15, -0.1) is 0 Å². The third kappa shape index (κ3) is 5.40. The van der Waals surface area contributed by atoms with E-state index in [0.29, 0.717) is 30.2 Å². The number of hydrogen-bond donors (Lipinski definition) is 1. The molecule has 2 bridgehead atoms.